The van der Waals surface area contributed by atoms with Crippen molar-refractivity contribution in [2.45, 2.75) is 96.1 Å². The van der Waals surface area contributed by atoms with E-state index in [0.29, 0.717) is 53.3 Å². The van der Waals surface area contributed by atoms with Crippen molar-refractivity contribution in [2.75, 3.05) is 37.5 Å². The van der Waals surface area contributed by atoms with Crippen LogP contribution in [-0.4, -0.2) is 119 Å². The van der Waals surface area contributed by atoms with Crippen molar-refractivity contribution in [3.63, 3.8) is 0 Å². The second-order valence-corrected chi connectivity index (χ2v) is 23.9. The van der Waals surface area contributed by atoms with Crippen LogP contribution in [0.5, 0.6) is 0 Å². The molecule has 4 aromatic carbocycles. The summed E-state index contributed by atoms with van der Waals surface area (Å²) in [6.45, 7) is 5.71. The van der Waals surface area contributed by atoms with E-state index in [1.807, 2.05) is 4.90 Å². The molecule has 0 bridgehead atoms. The van der Waals surface area contributed by atoms with Crippen LogP contribution in [0.25, 0.3) is 21.5 Å². The van der Waals surface area contributed by atoms with E-state index in [4.69, 9.17) is 4.74 Å². The lowest BCUT2D eigenvalue weighted by Crippen LogP contribution is -2.32. The molecule has 2 atom stereocenters. The molecule has 0 saturated heterocycles. The predicted molar refractivity (Wildman–Crippen MR) is 241 cm³/mol. The zero-order valence-corrected chi connectivity index (χ0v) is 41.0. The van der Waals surface area contributed by atoms with Crippen LogP contribution in [0.15, 0.2) is 92.0 Å². The molecule has 0 radical (unpaired) electrons. The van der Waals surface area contributed by atoms with Crippen molar-refractivity contribution < 1.29 is 84.1 Å². The summed E-state index contributed by atoms with van der Waals surface area (Å²) in [6.07, 6.45) is 5.58. The largest absolute Gasteiger partial charge is 0.748 e. The second kappa shape index (κ2) is 18.9. The van der Waals surface area contributed by atoms with E-state index in [9.17, 15) is 74.8 Å². The molecule has 68 heavy (non-hydrogen) atoms. The van der Waals surface area contributed by atoms with Crippen LogP contribution in [-0.2, 0) is 71.0 Å². The van der Waals surface area contributed by atoms with Crippen LogP contribution < -0.4 is 4.90 Å². The lowest BCUT2D eigenvalue weighted by atomic mass is 9.74. The summed E-state index contributed by atoms with van der Waals surface area (Å²) < 4.78 is 193. The highest BCUT2D eigenvalue weighted by Crippen LogP contribution is 2.54. The molecule has 25 heteroatoms. The number of hydrogen-bond donors (Lipinski definition) is 1. The molecular formula is C43H46N2O18S5-4. The summed E-state index contributed by atoms with van der Waals surface area (Å²) in [7, 11) is -24.8. The third-order valence-electron chi connectivity index (χ3n) is 12.6. The fourth-order valence-corrected chi connectivity index (χ4v) is 12.8. The number of nitrogens with zero attached hydrogens (tertiary/aromatic N) is 2. The molecule has 4 aromatic rings. The summed E-state index contributed by atoms with van der Waals surface area (Å²) in [6, 6.07) is 8.59. The summed E-state index contributed by atoms with van der Waals surface area (Å²) in [5, 5.41) is 8.75. The summed E-state index contributed by atoms with van der Waals surface area (Å²) in [5.74, 6) is -1.87. The van der Waals surface area contributed by atoms with Gasteiger partial charge in [0.2, 0.25) is 5.69 Å². The Labute approximate surface area is 394 Å². The number of carboxylic acids is 1. The maximum atomic E-state index is 12.6. The first kappa shape index (κ1) is 52.7. The average molecular weight is 1040 g/mol. The molecule has 0 aliphatic carbocycles. The standard InChI is InChI=1S/C43H50N2O18S5/c1-5-44-33-16-14-29-31(23-27(65(51,52)53)25-35(29)67(57,58)59)40(33)43(3,19-21-63-4)37(44)11-9-12-38-42(2,18-10-22-64(48,49)50)41-32-24-28(66(54,55)56)26-36(68(60,61)62)30(32)15-17-34(41)45(38)20-8-6-7-13-39(46)47/h9,11-12,14-17,23-26H,5-8,10,13,18-22H2,1-4H3,(H5-,46,47,48,49,50,51,52,53,54,55,56,57,58,59,60,61,62)/p-4. The number of ether oxygens (including phenoxy) is 1. The lowest BCUT2D eigenvalue weighted by Gasteiger charge is -2.30. The molecule has 2 aliphatic heterocycles. The van der Waals surface area contributed by atoms with E-state index in [-0.39, 0.29) is 78.9 Å². The minimum absolute atomic E-state index is 0.000298. The SMILES string of the molecule is CCN1/C(=C/C=C/C2=[N+](CCCCCC(=O)O)c3ccc4c(S(=O)(=O)[O-])cc(S(=O)(=O)[O-])cc4c3C2(C)CCCS(=O)(=O)[O-])C(C)(CCOC)c2c1ccc1c(S(=O)(=O)[O-])cc(S(=O)(=O)[O-])cc21. The topological polar surface area (TPSA) is 339 Å². The number of allylic oxidation sites excluding steroid dienone is 4. The Morgan fingerprint density at radius 1 is 0.706 bits per heavy atom. The number of aliphatic carboxylic acids is 1. The van der Waals surface area contributed by atoms with Crippen molar-refractivity contribution in [3.8, 4) is 0 Å². The van der Waals surface area contributed by atoms with Crippen molar-refractivity contribution in [1.82, 2.24) is 0 Å². The van der Waals surface area contributed by atoms with E-state index >= 15 is 0 Å². The van der Waals surface area contributed by atoms with Gasteiger partial charge in [0.05, 0.1) is 35.1 Å². The van der Waals surface area contributed by atoms with Crippen LogP contribution in [0, 0.1) is 0 Å². The molecule has 0 amide bonds. The zero-order chi connectivity index (χ0) is 50.6. The fraction of sp³-hybridized carbons (Fsp3) is 0.395. The number of unbranched alkanes of at least 4 members (excludes halogenated alkanes) is 2. The van der Waals surface area contributed by atoms with Gasteiger partial charge in [-0.3, -0.25) is 4.79 Å². The maximum absolute atomic E-state index is 12.6. The molecule has 0 spiro atoms. The van der Waals surface area contributed by atoms with Gasteiger partial charge in [0.1, 0.15) is 47.0 Å². The number of hydrogen-bond acceptors (Lipinski definition) is 18. The van der Waals surface area contributed by atoms with Crippen LogP contribution in [0.1, 0.15) is 76.8 Å². The molecular weight excluding hydrogens is 993 g/mol. The lowest BCUT2D eigenvalue weighted by molar-refractivity contribution is -0.438. The van der Waals surface area contributed by atoms with Gasteiger partial charge in [-0.15, -0.1) is 0 Å². The third kappa shape index (κ3) is 10.4. The molecule has 0 saturated carbocycles. The van der Waals surface area contributed by atoms with Gasteiger partial charge in [-0.2, -0.15) is 4.58 Å². The van der Waals surface area contributed by atoms with Gasteiger partial charge in [0.15, 0.2) is 5.71 Å². The van der Waals surface area contributed by atoms with Gasteiger partial charge in [0, 0.05) is 78.7 Å². The Morgan fingerprint density at radius 2 is 1.26 bits per heavy atom. The maximum Gasteiger partial charge on any atom is 0.303 e. The highest BCUT2D eigenvalue weighted by molar-refractivity contribution is 7.87. The van der Waals surface area contributed by atoms with Gasteiger partial charge in [-0.1, -0.05) is 12.1 Å². The van der Waals surface area contributed by atoms with Crippen molar-refractivity contribution in [2.24, 2.45) is 0 Å². The minimum Gasteiger partial charge on any atom is -0.748 e. The van der Waals surface area contributed by atoms with Crippen LogP contribution >= 0.6 is 0 Å². The van der Waals surface area contributed by atoms with E-state index in [0.717, 1.165) is 12.1 Å². The van der Waals surface area contributed by atoms with E-state index in [2.05, 4.69) is 0 Å². The summed E-state index contributed by atoms with van der Waals surface area (Å²) in [4.78, 5) is 9.26. The molecule has 2 heterocycles. The van der Waals surface area contributed by atoms with Gasteiger partial charge in [-0.05, 0) is 117 Å². The highest BCUT2D eigenvalue weighted by Gasteiger charge is 2.49. The fourth-order valence-electron chi connectivity index (χ4n) is 9.65. The second-order valence-electron chi connectivity index (χ2n) is 16.9. The molecule has 370 valence electrons. The molecule has 2 aliphatic rings. The predicted octanol–water partition coefficient (Wildman–Crippen LogP) is 4.21. The van der Waals surface area contributed by atoms with Crippen molar-refractivity contribution >= 4 is 95.2 Å². The normalized spacial score (nSPS) is 19.8. The zero-order valence-electron chi connectivity index (χ0n) is 37.0. The average Bonchev–Trinajstić information content (AvgIpc) is 3.60. The number of carboxylic acid groups (broad SMARTS) is 1. The molecule has 2 unspecified atom stereocenters. The van der Waals surface area contributed by atoms with Crippen LogP contribution in [0.2, 0.25) is 0 Å². The molecule has 0 aromatic heterocycles. The van der Waals surface area contributed by atoms with Gasteiger partial charge in [-0.25, -0.2) is 42.1 Å². The summed E-state index contributed by atoms with van der Waals surface area (Å²) >= 11 is 0. The monoisotopic (exact) mass is 1040 g/mol. The van der Waals surface area contributed by atoms with Crippen LogP contribution in [0.4, 0.5) is 11.4 Å². The first-order chi connectivity index (χ1) is 31.4. The number of methoxy groups -OCH3 is 1. The van der Waals surface area contributed by atoms with Gasteiger partial charge in [0.25, 0.3) is 0 Å². The first-order valence-electron chi connectivity index (χ1n) is 20.9. The Morgan fingerprint density at radius 3 is 1.76 bits per heavy atom. The number of carbonyl (C=O) groups is 1. The number of likely N-dealkylation sites (N-methyl/N-ethyl adjacent to an activating group) is 1. The first-order valence-corrected chi connectivity index (χ1v) is 28.1. The van der Waals surface area contributed by atoms with Gasteiger partial charge < -0.3 is 37.5 Å². The Kier molecular flexibility index (Phi) is 14.7. The molecule has 0 fully saturated rings. The van der Waals surface area contributed by atoms with Crippen LogP contribution in [0.3, 0.4) is 0 Å². The number of rotatable bonds is 20. The number of anilines is 1. The van der Waals surface area contributed by atoms with Gasteiger partial charge >= 0.3 is 5.97 Å². The number of fused-ring (bicyclic) bond motifs is 6. The summed E-state index contributed by atoms with van der Waals surface area (Å²) in [5.41, 5.74) is -0.318. The molecule has 20 nitrogen and oxygen atoms in total. The Balaban J connectivity index is 1.65. The van der Waals surface area contributed by atoms with Crippen molar-refractivity contribution in [1.29, 1.82) is 0 Å². The minimum atomic E-state index is -5.43. The van der Waals surface area contributed by atoms with E-state index in [1.54, 1.807) is 49.6 Å². The van der Waals surface area contributed by atoms with E-state index in [1.165, 1.54) is 25.3 Å². The Bertz CT molecular complexity index is 3420. The smallest absolute Gasteiger partial charge is 0.303 e. The quantitative estimate of drug-likeness (QED) is 0.0736. The van der Waals surface area contributed by atoms with Crippen molar-refractivity contribution in [3.05, 3.63) is 83.6 Å². The highest BCUT2D eigenvalue weighted by atomic mass is 32.2. The number of benzene rings is 4. The molecule has 6 rings (SSSR count). The Hall–Kier alpha value is -4.67. The molecule has 1 N–H and O–H groups in total. The third-order valence-corrected chi connectivity index (χ3v) is 16.8. The van der Waals surface area contributed by atoms with E-state index < -0.39 is 92.7 Å².